The minimum atomic E-state index is -0.237. The Morgan fingerprint density at radius 2 is 2.16 bits per heavy atom. The molecule has 130 valence electrons. The summed E-state index contributed by atoms with van der Waals surface area (Å²) in [5.41, 5.74) is 3.10. The lowest BCUT2D eigenvalue weighted by molar-refractivity contribution is -0.125. The Kier molecular flexibility index (Phi) is 3.76. The predicted octanol–water partition coefficient (Wildman–Crippen LogP) is 3.82. The summed E-state index contributed by atoms with van der Waals surface area (Å²) in [5, 5.41) is 8.73. The highest BCUT2D eigenvalue weighted by atomic mass is 32.2. The van der Waals surface area contributed by atoms with Crippen LogP contribution in [-0.4, -0.2) is 26.8 Å². The van der Waals surface area contributed by atoms with Crippen molar-refractivity contribution in [3.05, 3.63) is 47.2 Å². The number of hydrogen-bond donors (Lipinski definition) is 1. The van der Waals surface area contributed by atoms with E-state index in [9.17, 15) is 4.79 Å². The van der Waals surface area contributed by atoms with Crippen molar-refractivity contribution in [3.63, 3.8) is 0 Å². The van der Waals surface area contributed by atoms with E-state index in [0.717, 1.165) is 11.3 Å². The molecule has 1 aromatic heterocycles. The lowest BCUT2D eigenvalue weighted by Gasteiger charge is -2.40. The highest BCUT2D eigenvalue weighted by Gasteiger charge is 2.45. The zero-order valence-electron chi connectivity index (χ0n) is 14.9. The van der Waals surface area contributed by atoms with Crippen LogP contribution in [0.3, 0.4) is 0 Å². The van der Waals surface area contributed by atoms with Gasteiger partial charge in [0.2, 0.25) is 11.1 Å². The molecule has 0 bridgehead atoms. The van der Waals surface area contributed by atoms with Crippen molar-refractivity contribution < 1.29 is 4.79 Å². The van der Waals surface area contributed by atoms with E-state index in [1.165, 1.54) is 17.3 Å². The van der Waals surface area contributed by atoms with Gasteiger partial charge in [-0.3, -0.25) is 4.79 Å². The van der Waals surface area contributed by atoms with Crippen molar-refractivity contribution in [2.24, 2.45) is 11.3 Å². The molecule has 2 atom stereocenters. The topological polar surface area (TPSA) is 59.8 Å². The first-order valence-corrected chi connectivity index (χ1v) is 9.70. The van der Waals surface area contributed by atoms with Crippen molar-refractivity contribution in [1.82, 2.24) is 14.8 Å². The third kappa shape index (κ3) is 2.78. The second-order valence-corrected chi connectivity index (χ2v) is 8.33. The number of ketones is 1. The molecule has 1 aromatic carbocycles. The van der Waals surface area contributed by atoms with Crippen LogP contribution in [0.2, 0.25) is 0 Å². The van der Waals surface area contributed by atoms with Crippen molar-refractivity contribution in [1.29, 1.82) is 0 Å². The summed E-state index contributed by atoms with van der Waals surface area (Å²) in [6.45, 7) is 6.27. The van der Waals surface area contributed by atoms with Crippen LogP contribution in [0, 0.1) is 18.3 Å². The summed E-state index contributed by atoms with van der Waals surface area (Å²) < 4.78 is 1.89. The Bertz CT molecular complexity index is 883. The van der Waals surface area contributed by atoms with Crippen LogP contribution in [0.5, 0.6) is 0 Å². The number of nitrogens with zero attached hydrogens (tertiary/aromatic N) is 3. The van der Waals surface area contributed by atoms with Crippen LogP contribution in [-0.2, 0) is 4.79 Å². The van der Waals surface area contributed by atoms with Crippen LogP contribution in [0.1, 0.15) is 37.4 Å². The molecule has 2 aliphatic rings. The van der Waals surface area contributed by atoms with Gasteiger partial charge in [-0.2, -0.15) is 4.98 Å². The molecule has 5 nitrogen and oxygen atoms in total. The molecule has 0 unspecified atom stereocenters. The SMILES string of the molecule is CSc1nc2n(n1)[C@H](c1cccc(C)c1)[C@H]1C(=O)CC(C)(C)C=C1N2. The van der Waals surface area contributed by atoms with Gasteiger partial charge in [-0.25, -0.2) is 4.68 Å². The molecule has 4 rings (SSSR count). The summed E-state index contributed by atoms with van der Waals surface area (Å²) in [4.78, 5) is 17.6. The molecule has 0 radical (unpaired) electrons. The number of thioether (sulfide) groups is 1. The number of fused-ring (bicyclic) bond motifs is 2. The van der Waals surface area contributed by atoms with Crippen LogP contribution >= 0.6 is 11.8 Å². The number of carbonyl (C=O) groups excluding carboxylic acids is 1. The van der Waals surface area contributed by atoms with E-state index >= 15 is 0 Å². The molecule has 0 saturated heterocycles. The van der Waals surface area contributed by atoms with E-state index in [2.05, 4.69) is 60.4 Å². The first kappa shape index (κ1) is 16.4. The number of nitrogens with one attached hydrogen (secondary N) is 1. The lowest BCUT2D eigenvalue weighted by atomic mass is 9.72. The fraction of sp³-hybridized carbons (Fsp3) is 0.421. The van der Waals surface area contributed by atoms with E-state index < -0.39 is 0 Å². The summed E-state index contributed by atoms with van der Waals surface area (Å²) in [7, 11) is 0. The van der Waals surface area contributed by atoms with E-state index in [4.69, 9.17) is 0 Å². The first-order chi connectivity index (χ1) is 11.9. The number of benzene rings is 1. The van der Waals surface area contributed by atoms with Gasteiger partial charge in [0.1, 0.15) is 5.78 Å². The maximum absolute atomic E-state index is 13.1. The Morgan fingerprint density at radius 1 is 1.36 bits per heavy atom. The maximum atomic E-state index is 13.1. The molecule has 0 amide bonds. The first-order valence-electron chi connectivity index (χ1n) is 8.47. The maximum Gasteiger partial charge on any atom is 0.227 e. The number of aromatic nitrogens is 3. The molecule has 6 heteroatoms. The predicted molar refractivity (Wildman–Crippen MR) is 99.7 cm³/mol. The third-order valence-corrected chi connectivity index (χ3v) is 5.41. The fourth-order valence-corrected chi connectivity index (χ4v) is 4.23. The van der Waals surface area contributed by atoms with Gasteiger partial charge in [-0.15, -0.1) is 5.10 Å². The zero-order chi connectivity index (χ0) is 17.8. The van der Waals surface area contributed by atoms with Crippen LogP contribution < -0.4 is 5.32 Å². The minimum Gasteiger partial charge on any atom is -0.328 e. The molecule has 1 aliphatic heterocycles. The van der Waals surface area contributed by atoms with Gasteiger partial charge in [0.15, 0.2) is 0 Å². The second-order valence-electron chi connectivity index (χ2n) is 7.56. The Balaban J connectivity index is 1.92. The molecule has 1 aliphatic carbocycles. The molecule has 0 spiro atoms. The van der Waals surface area contributed by atoms with Gasteiger partial charge in [-0.1, -0.05) is 61.5 Å². The van der Waals surface area contributed by atoms with E-state index in [1.807, 2.05) is 17.0 Å². The average Bonchev–Trinajstić information content (AvgIpc) is 2.94. The monoisotopic (exact) mass is 354 g/mol. The summed E-state index contributed by atoms with van der Waals surface area (Å²) >= 11 is 1.51. The Labute approximate surface area is 151 Å². The number of allylic oxidation sites excluding steroid dienone is 2. The van der Waals surface area contributed by atoms with Gasteiger partial charge in [0.05, 0.1) is 12.0 Å². The second kappa shape index (κ2) is 5.73. The average molecular weight is 354 g/mol. The van der Waals surface area contributed by atoms with Crippen molar-refractivity contribution >= 4 is 23.5 Å². The standard InChI is InChI=1S/C19H22N4OS/c1-11-6-5-7-12(8-11)16-15-13(9-19(2,3)10-14(15)24)20-17-21-18(25-4)22-23(16)17/h5-9,15-16H,10H2,1-4H3,(H,20,21,22)/t15-,16-/m1/s1. The number of carbonyl (C=O) groups is 1. The van der Waals surface area contributed by atoms with E-state index in [-0.39, 0.29) is 23.2 Å². The number of anilines is 1. The molecule has 0 fully saturated rings. The number of rotatable bonds is 2. The highest BCUT2D eigenvalue weighted by Crippen LogP contribution is 2.45. The lowest BCUT2D eigenvalue weighted by Crippen LogP contribution is -2.42. The van der Waals surface area contributed by atoms with E-state index in [1.54, 1.807) is 0 Å². The van der Waals surface area contributed by atoms with Gasteiger partial charge in [0, 0.05) is 12.1 Å². The molecule has 2 aromatic rings. The Morgan fingerprint density at radius 3 is 2.88 bits per heavy atom. The van der Waals surface area contributed by atoms with Gasteiger partial charge in [0.25, 0.3) is 0 Å². The van der Waals surface area contributed by atoms with Crippen molar-refractivity contribution in [2.45, 2.75) is 38.4 Å². The van der Waals surface area contributed by atoms with Gasteiger partial charge in [-0.05, 0) is 24.2 Å². The molecular formula is C19H22N4OS. The van der Waals surface area contributed by atoms with Crippen LogP contribution in [0.15, 0.2) is 41.2 Å². The summed E-state index contributed by atoms with van der Waals surface area (Å²) in [5.74, 6) is 0.732. The molecular weight excluding hydrogens is 332 g/mol. The minimum absolute atomic E-state index is 0.141. The van der Waals surface area contributed by atoms with Crippen molar-refractivity contribution in [2.75, 3.05) is 11.6 Å². The van der Waals surface area contributed by atoms with Gasteiger partial charge < -0.3 is 5.32 Å². The third-order valence-electron chi connectivity index (χ3n) is 4.87. The number of hydrogen-bond acceptors (Lipinski definition) is 5. The molecule has 25 heavy (non-hydrogen) atoms. The van der Waals surface area contributed by atoms with Crippen LogP contribution in [0.25, 0.3) is 0 Å². The fourth-order valence-electron chi connectivity index (χ4n) is 3.88. The Hall–Kier alpha value is -2.08. The molecule has 2 heterocycles. The van der Waals surface area contributed by atoms with Gasteiger partial charge >= 0.3 is 0 Å². The number of Topliss-reactive ketones (excluding diaryl/α,β-unsaturated/α-hetero) is 1. The molecule has 0 saturated carbocycles. The zero-order valence-corrected chi connectivity index (χ0v) is 15.7. The van der Waals surface area contributed by atoms with E-state index in [0.29, 0.717) is 17.5 Å². The normalized spacial score (nSPS) is 24.2. The molecule has 1 N–H and O–H groups in total. The largest absolute Gasteiger partial charge is 0.328 e. The quantitative estimate of drug-likeness (QED) is 0.831. The highest BCUT2D eigenvalue weighted by molar-refractivity contribution is 7.98. The van der Waals surface area contributed by atoms with Crippen molar-refractivity contribution in [3.8, 4) is 0 Å². The number of aryl methyl sites for hydroxylation is 1. The smallest absolute Gasteiger partial charge is 0.227 e. The summed E-state index contributed by atoms with van der Waals surface area (Å²) in [6.07, 6.45) is 4.70. The van der Waals surface area contributed by atoms with Crippen LogP contribution in [0.4, 0.5) is 5.95 Å². The summed E-state index contributed by atoms with van der Waals surface area (Å²) in [6, 6.07) is 8.18.